The summed E-state index contributed by atoms with van der Waals surface area (Å²) in [4.78, 5) is 13.8. The number of carbonyl (C=O) groups is 1. The summed E-state index contributed by atoms with van der Waals surface area (Å²) >= 11 is 0. The van der Waals surface area contributed by atoms with Crippen molar-refractivity contribution in [3.63, 3.8) is 0 Å². The minimum absolute atomic E-state index is 0.105. The summed E-state index contributed by atoms with van der Waals surface area (Å²) in [5, 5.41) is 2.92. The highest BCUT2D eigenvalue weighted by atomic mass is 32.2. The molecule has 1 atom stereocenters. The Morgan fingerprint density at radius 3 is 2.31 bits per heavy atom. The van der Waals surface area contributed by atoms with Gasteiger partial charge < -0.3 is 10.2 Å². The third kappa shape index (κ3) is 4.69. The van der Waals surface area contributed by atoms with Gasteiger partial charge in [-0.3, -0.25) is 4.79 Å². The Hall–Kier alpha value is -2.22. The number of quaternary nitrogens is 1. The van der Waals surface area contributed by atoms with Crippen LogP contribution in [0.5, 0.6) is 0 Å². The Morgan fingerprint density at radius 2 is 1.73 bits per heavy atom. The minimum Gasteiger partial charge on any atom is -0.346 e. The molecule has 2 rings (SSSR count). The van der Waals surface area contributed by atoms with E-state index < -0.39 is 10.0 Å². The van der Waals surface area contributed by atoms with Gasteiger partial charge in [-0.2, -0.15) is 0 Å². The average Bonchev–Trinajstić information content (AvgIpc) is 2.62. The van der Waals surface area contributed by atoms with Gasteiger partial charge in [0.05, 0.1) is 25.5 Å². The van der Waals surface area contributed by atoms with Crippen molar-refractivity contribution in [1.29, 1.82) is 0 Å². The molecular formula is C19H26N3O3S+. The molecule has 0 bridgehead atoms. The van der Waals surface area contributed by atoms with Crippen molar-refractivity contribution in [3.8, 4) is 0 Å². The van der Waals surface area contributed by atoms with Crippen LogP contribution >= 0.6 is 0 Å². The van der Waals surface area contributed by atoms with E-state index in [4.69, 9.17) is 0 Å². The number of amides is 1. The lowest BCUT2D eigenvalue weighted by Crippen LogP contribution is -3.07. The molecule has 0 fully saturated rings. The highest BCUT2D eigenvalue weighted by Crippen LogP contribution is 2.15. The zero-order valence-electron chi connectivity index (χ0n) is 15.6. The molecule has 2 aromatic carbocycles. The molecule has 0 aromatic heterocycles. The Morgan fingerprint density at radius 1 is 1.08 bits per heavy atom. The third-order valence-corrected chi connectivity index (χ3v) is 6.05. The lowest BCUT2D eigenvalue weighted by Gasteiger charge is -2.22. The molecule has 0 saturated heterocycles. The first kappa shape index (κ1) is 20.1. The van der Waals surface area contributed by atoms with Crippen molar-refractivity contribution in [1.82, 2.24) is 9.62 Å². The number of sulfonamides is 1. The standard InChI is InChI=1S/C19H25N3O3S/c1-21(2)18(15-9-6-5-7-10-15)14-20-19(23)16-11-8-12-17(13-16)26(24,25)22(3)4/h5-13,18H,14H2,1-4H3,(H,20,23)/p+1/t18-/m1/s1. The van der Waals surface area contributed by atoms with E-state index in [1.165, 1.54) is 31.1 Å². The summed E-state index contributed by atoms with van der Waals surface area (Å²) in [6.45, 7) is 0.454. The third-order valence-electron chi connectivity index (χ3n) is 4.24. The van der Waals surface area contributed by atoms with Crippen LogP contribution in [0.1, 0.15) is 22.0 Å². The van der Waals surface area contributed by atoms with E-state index in [0.717, 1.165) is 9.87 Å². The first-order valence-electron chi connectivity index (χ1n) is 8.39. The number of hydrogen-bond donors (Lipinski definition) is 2. The van der Waals surface area contributed by atoms with Crippen molar-refractivity contribution in [2.45, 2.75) is 10.9 Å². The van der Waals surface area contributed by atoms with Crippen LogP contribution in [0.4, 0.5) is 0 Å². The van der Waals surface area contributed by atoms with Gasteiger partial charge in [0.2, 0.25) is 10.0 Å². The summed E-state index contributed by atoms with van der Waals surface area (Å²) in [6.07, 6.45) is 0. The summed E-state index contributed by atoms with van der Waals surface area (Å²) in [5.41, 5.74) is 1.46. The Bertz CT molecular complexity index is 849. The zero-order valence-corrected chi connectivity index (χ0v) is 16.4. The predicted octanol–water partition coefficient (Wildman–Crippen LogP) is 0.553. The second-order valence-electron chi connectivity index (χ2n) is 6.57. The Balaban J connectivity index is 2.15. The van der Waals surface area contributed by atoms with Gasteiger partial charge in [0, 0.05) is 25.2 Å². The fourth-order valence-corrected chi connectivity index (χ4v) is 3.59. The van der Waals surface area contributed by atoms with Gasteiger partial charge in [-0.25, -0.2) is 12.7 Å². The second-order valence-corrected chi connectivity index (χ2v) is 8.72. The molecule has 0 unspecified atom stereocenters. The number of rotatable bonds is 7. The first-order chi connectivity index (χ1) is 12.2. The molecule has 0 saturated carbocycles. The van der Waals surface area contributed by atoms with E-state index in [1.807, 2.05) is 44.4 Å². The van der Waals surface area contributed by atoms with Crippen molar-refractivity contribution in [2.24, 2.45) is 0 Å². The van der Waals surface area contributed by atoms with Gasteiger partial charge >= 0.3 is 0 Å². The van der Waals surface area contributed by atoms with Crippen LogP contribution in [0.25, 0.3) is 0 Å². The van der Waals surface area contributed by atoms with E-state index in [0.29, 0.717) is 12.1 Å². The molecule has 2 N–H and O–H groups in total. The van der Waals surface area contributed by atoms with Crippen molar-refractivity contribution < 1.29 is 18.1 Å². The number of carbonyl (C=O) groups excluding carboxylic acids is 1. The molecule has 1 amide bonds. The van der Waals surface area contributed by atoms with Gasteiger partial charge in [0.1, 0.15) is 6.04 Å². The monoisotopic (exact) mass is 376 g/mol. The quantitative estimate of drug-likeness (QED) is 0.742. The van der Waals surface area contributed by atoms with Gasteiger partial charge in [-0.1, -0.05) is 36.4 Å². The maximum atomic E-state index is 12.5. The summed E-state index contributed by atoms with van der Waals surface area (Å²) in [5.74, 6) is -0.289. The van der Waals surface area contributed by atoms with Crippen LogP contribution in [-0.2, 0) is 10.0 Å². The van der Waals surface area contributed by atoms with E-state index in [1.54, 1.807) is 12.1 Å². The minimum atomic E-state index is -3.57. The van der Waals surface area contributed by atoms with Gasteiger partial charge in [0.25, 0.3) is 5.91 Å². The zero-order chi connectivity index (χ0) is 19.3. The molecule has 26 heavy (non-hydrogen) atoms. The number of benzene rings is 2. The van der Waals surface area contributed by atoms with E-state index in [-0.39, 0.29) is 16.8 Å². The molecule has 7 heteroatoms. The first-order valence-corrected chi connectivity index (χ1v) is 9.83. The Kier molecular flexibility index (Phi) is 6.52. The predicted molar refractivity (Wildman–Crippen MR) is 102 cm³/mol. The molecule has 0 aliphatic heterocycles. The highest BCUT2D eigenvalue weighted by Gasteiger charge is 2.21. The normalized spacial score (nSPS) is 13.0. The van der Waals surface area contributed by atoms with E-state index in [2.05, 4.69) is 5.32 Å². The smallest absolute Gasteiger partial charge is 0.251 e. The van der Waals surface area contributed by atoms with Gasteiger partial charge in [0.15, 0.2) is 0 Å². The molecule has 140 valence electrons. The Labute approximate surface area is 155 Å². The average molecular weight is 377 g/mol. The lowest BCUT2D eigenvalue weighted by atomic mass is 10.1. The van der Waals surface area contributed by atoms with Crippen LogP contribution in [0.3, 0.4) is 0 Å². The molecule has 0 aliphatic carbocycles. The highest BCUT2D eigenvalue weighted by molar-refractivity contribution is 7.89. The van der Waals surface area contributed by atoms with Crippen LogP contribution in [-0.4, -0.2) is 53.4 Å². The van der Waals surface area contributed by atoms with E-state index >= 15 is 0 Å². The van der Waals surface area contributed by atoms with Crippen LogP contribution in [0, 0.1) is 0 Å². The lowest BCUT2D eigenvalue weighted by molar-refractivity contribution is -0.890. The molecule has 0 radical (unpaired) electrons. The number of hydrogen-bond acceptors (Lipinski definition) is 3. The molecule has 2 aromatic rings. The van der Waals surface area contributed by atoms with Crippen LogP contribution in [0.2, 0.25) is 0 Å². The fourth-order valence-electron chi connectivity index (χ4n) is 2.65. The maximum absolute atomic E-state index is 12.5. The van der Waals surface area contributed by atoms with Gasteiger partial charge in [-0.15, -0.1) is 0 Å². The van der Waals surface area contributed by atoms with Crippen LogP contribution < -0.4 is 10.2 Å². The molecule has 0 aliphatic rings. The summed E-state index contributed by atoms with van der Waals surface area (Å²) in [7, 11) is 3.43. The number of nitrogens with zero attached hydrogens (tertiary/aromatic N) is 1. The molecular weight excluding hydrogens is 350 g/mol. The van der Waals surface area contributed by atoms with Crippen molar-refractivity contribution in [2.75, 3.05) is 34.7 Å². The summed E-state index contributed by atoms with van der Waals surface area (Å²) < 4.78 is 25.6. The van der Waals surface area contributed by atoms with Gasteiger partial charge in [-0.05, 0) is 18.2 Å². The largest absolute Gasteiger partial charge is 0.346 e. The fraction of sp³-hybridized carbons (Fsp3) is 0.316. The van der Waals surface area contributed by atoms with Crippen molar-refractivity contribution in [3.05, 3.63) is 65.7 Å². The molecule has 0 spiro atoms. The maximum Gasteiger partial charge on any atom is 0.251 e. The SMILES string of the molecule is CN(C)S(=O)(=O)c1cccc(C(=O)NC[C@H](c2ccccc2)[NH+](C)C)c1. The summed E-state index contributed by atoms with van der Waals surface area (Å²) in [6, 6.07) is 16.2. The van der Waals surface area contributed by atoms with Crippen molar-refractivity contribution >= 4 is 15.9 Å². The number of nitrogens with one attached hydrogen (secondary N) is 2. The van der Waals surface area contributed by atoms with E-state index in [9.17, 15) is 13.2 Å². The van der Waals surface area contributed by atoms with Crippen LogP contribution in [0.15, 0.2) is 59.5 Å². The second kappa shape index (κ2) is 8.44. The number of likely N-dealkylation sites (N-methyl/N-ethyl adjacent to an activating group) is 1. The molecule has 6 nitrogen and oxygen atoms in total. The topological polar surface area (TPSA) is 70.9 Å². The molecule has 0 heterocycles.